The van der Waals surface area contributed by atoms with E-state index in [4.69, 9.17) is 9.84 Å². The zero-order valence-corrected chi connectivity index (χ0v) is 17.8. The maximum Gasteiger partial charge on any atom is 0.407 e. The van der Waals surface area contributed by atoms with Crippen LogP contribution in [0.5, 0.6) is 0 Å². The Bertz CT molecular complexity index is 913. The van der Waals surface area contributed by atoms with E-state index in [1.807, 2.05) is 24.3 Å². The number of nitrogens with one attached hydrogen (secondary N) is 1. The highest BCUT2D eigenvalue weighted by Gasteiger charge is 2.29. The van der Waals surface area contributed by atoms with Crippen molar-refractivity contribution >= 4 is 18.0 Å². The fourth-order valence-corrected chi connectivity index (χ4v) is 3.80. The van der Waals surface area contributed by atoms with Crippen LogP contribution in [-0.2, 0) is 14.3 Å². The van der Waals surface area contributed by atoms with Crippen molar-refractivity contribution in [2.45, 2.75) is 38.1 Å². The van der Waals surface area contributed by atoms with Gasteiger partial charge in [-0.3, -0.25) is 4.79 Å². The number of aliphatic carboxylic acids is 1. The number of amides is 2. The molecule has 0 radical (unpaired) electrons. The minimum atomic E-state index is -1.03. The van der Waals surface area contributed by atoms with E-state index in [1.165, 1.54) is 30.0 Å². The molecule has 2 aromatic rings. The van der Waals surface area contributed by atoms with Crippen molar-refractivity contribution in [2.75, 3.05) is 20.2 Å². The molecule has 0 aliphatic heterocycles. The van der Waals surface area contributed by atoms with E-state index in [0.29, 0.717) is 19.4 Å². The van der Waals surface area contributed by atoms with Crippen LogP contribution in [0.2, 0.25) is 0 Å². The Morgan fingerprint density at radius 2 is 1.61 bits per heavy atom. The van der Waals surface area contributed by atoms with Crippen LogP contribution in [0.15, 0.2) is 48.5 Å². The van der Waals surface area contributed by atoms with Crippen molar-refractivity contribution < 1.29 is 24.2 Å². The minimum absolute atomic E-state index is 0.0162. The van der Waals surface area contributed by atoms with Gasteiger partial charge in [0.15, 0.2) is 0 Å². The number of unbranched alkanes of at least 4 members (excludes halogenated alkanes) is 1. The smallest absolute Gasteiger partial charge is 0.407 e. The summed E-state index contributed by atoms with van der Waals surface area (Å²) in [5, 5.41) is 11.7. The lowest BCUT2D eigenvalue weighted by atomic mass is 9.98. The van der Waals surface area contributed by atoms with Crippen LogP contribution in [0.3, 0.4) is 0 Å². The molecule has 0 bridgehead atoms. The molecule has 0 spiro atoms. The van der Waals surface area contributed by atoms with Gasteiger partial charge in [-0.15, -0.1) is 0 Å². The van der Waals surface area contributed by atoms with Gasteiger partial charge in [0.1, 0.15) is 12.6 Å². The number of ether oxygens (including phenoxy) is 1. The van der Waals surface area contributed by atoms with Gasteiger partial charge in [-0.25, -0.2) is 9.59 Å². The molecule has 0 heterocycles. The quantitative estimate of drug-likeness (QED) is 0.600. The van der Waals surface area contributed by atoms with Gasteiger partial charge in [-0.1, -0.05) is 48.5 Å². The summed E-state index contributed by atoms with van der Waals surface area (Å²) < 4.78 is 5.47. The van der Waals surface area contributed by atoms with E-state index >= 15 is 0 Å². The third-order valence-electron chi connectivity index (χ3n) is 5.76. The first-order valence-electron chi connectivity index (χ1n) is 10.5. The van der Waals surface area contributed by atoms with Gasteiger partial charge < -0.3 is 20.1 Å². The van der Waals surface area contributed by atoms with Gasteiger partial charge >= 0.3 is 12.1 Å². The molecular formula is C24H28N2O5. The van der Waals surface area contributed by atoms with E-state index < -0.39 is 18.1 Å². The van der Waals surface area contributed by atoms with Gasteiger partial charge in [0.2, 0.25) is 5.91 Å². The Labute approximate surface area is 182 Å². The predicted octanol–water partition coefficient (Wildman–Crippen LogP) is 3.63. The lowest BCUT2D eigenvalue weighted by Crippen LogP contribution is -2.40. The van der Waals surface area contributed by atoms with Crippen molar-refractivity contribution in [3.8, 4) is 11.1 Å². The van der Waals surface area contributed by atoms with E-state index in [2.05, 4.69) is 29.6 Å². The first kappa shape index (κ1) is 22.3. The number of carbonyl (C=O) groups excluding carboxylic acids is 2. The monoisotopic (exact) mass is 424 g/mol. The second-order valence-electron chi connectivity index (χ2n) is 7.73. The van der Waals surface area contributed by atoms with E-state index in [1.54, 1.807) is 0 Å². The molecule has 1 atom stereocenters. The summed E-state index contributed by atoms with van der Waals surface area (Å²) in [5.41, 5.74) is 4.68. The fraction of sp³-hybridized carbons (Fsp3) is 0.375. The summed E-state index contributed by atoms with van der Waals surface area (Å²) in [6.45, 7) is 2.12. The van der Waals surface area contributed by atoms with Gasteiger partial charge in [-0.2, -0.15) is 0 Å². The molecule has 0 saturated carbocycles. The number of likely N-dealkylation sites (N-methyl/N-ethyl adjacent to an activating group) is 1. The Balaban J connectivity index is 1.41. The number of carbonyl (C=O) groups is 3. The topological polar surface area (TPSA) is 95.9 Å². The third kappa shape index (κ3) is 5.23. The minimum Gasteiger partial charge on any atom is -0.480 e. The summed E-state index contributed by atoms with van der Waals surface area (Å²) in [6, 6.07) is 15.5. The predicted molar refractivity (Wildman–Crippen MR) is 117 cm³/mol. The average molecular weight is 424 g/mol. The molecule has 0 fully saturated rings. The lowest BCUT2D eigenvalue weighted by Gasteiger charge is -2.21. The largest absolute Gasteiger partial charge is 0.480 e. The molecule has 164 valence electrons. The first-order valence-corrected chi connectivity index (χ1v) is 10.5. The van der Waals surface area contributed by atoms with Gasteiger partial charge in [-0.05, 0) is 42.0 Å². The average Bonchev–Trinajstić information content (AvgIpc) is 3.10. The number of hydrogen-bond donors (Lipinski definition) is 2. The highest BCUT2D eigenvalue weighted by molar-refractivity contribution is 5.83. The van der Waals surface area contributed by atoms with Crippen LogP contribution in [-0.4, -0.2) is 54.2 Å². The molecule has 31 heavy (non-hydrogen) atoms. The van der Waals surface area contributed by atoms with Crippen molar-refractivity contribution in [3.63, 3.8) is 0 Å². The molecule has 1 aliphatic carbocycles. The summed E-state index contributed by atoms with van der Waals surface area (Å²) in [7, 11) is 1.48. The fourth-order valence-electron chi connectivity index (χ4n) is 3.80. The molecular weight excluding hydrogens is 396 g/mol. The Kier molecular flexibility index (Phi) is 7.28. The summed E-state index contributed by atoms with van der Waals surface area (Å²) >= 11 is 0. The number of fused-ring (bicyclic) bond motifs is 3. The lowest BCUT2D eigenvalue weighted by molar-refractivity contribution is -0.148. The number of hydrogen-bond acceptors (Lipinski definition) is 4. The standard InChI is InChI=1S/C24H28N2O5/c1-16(23(28)29)26(2)22(27)13-7-8-14-25-24(30)31-15-21-19-11-5-3-9-17(19)18-10-4-6-12-20(18)21/h3-6,9-12,16,21H,7-8,13-15H2,1-2H3,(H,25,30)(H,28,29). The number of benzene rings is 2. The second-order valence-corrected chi connectivity index (χ2v) is 7.73. The molecule has 2 N–H and O–H groups in total. The van der Waals surface area contributed by atoms with Crippen LogP contribution < -0.4 is 5.32 Å². The molecule has 2 amide bonds. The number of alkyl carbamates (subject to hydrolysis) is 1. The molecule has 1 aliphatic rings. The first-order chi connectivity index (χ1) is 14.9. The SMILES string of the molecule is CC(C(=O)O)N(C)C(=O)CCCCNC(=O)OCC1c2ccccc2-c2ccccc21. The highest BCUT2D eigenvalue weighted by atomic mass is 16.5. The zero-order valence-electron chi connectivity index (χ0n) is 17.8. The molecule has 7 nitrogen and oxygen atoms in total. The van der Waals surface area contributed by atoms with E-state index in [0.717, 1.165) is 11.1 Å². The van der Waals surface area contributed by atoms with E-state index in [-0.39, 0.29) is 24.9 Å². The highest BCUT2D eigenvalue weighted by Crippen LogP contribution is 2.44. The van der Waals surface area contributed by atoms with Crippen molar-refractivity contribution in [3.05, 3.63) is 59.7 Å². The third-order valence-corrected chi connectivity index (χ3v) is 5.76. The van der Waals surface area contributed by atoms with Crippen molar-refractivity contribution in [1.82, 2.24) is 10.2 Å². The Morgan fingerprint density at radius 3 is 2.19 bits per heavy atom. The molecule has 3 rings (SSSR count). The normalized spacial score (nSPS) is 13.1. The number of nitrogens with zero attached hydrogens (tertiary/aromatic N) is 1. The zero-order chi connectivity index (χ0) is 22.4. The summed E-state index contributed by atoms with van der Waals surface area (Å²) in [5.74, 6) is -1.24. The van der Waals surface area contributed by atoms with Crippen LogP contribution in [0.4, 0.5) is 4.79 Å². The maximum absolute atomic E-state index is 12.1. The van der Waals surface area contributed by atoms with Gasteiger partial charge in [0.25, 0.3) is 0 Å². The Hall–Kier alpha value is -3.35. The Morgan fingerprint density at radius 1 is 1.03 bits per heavy atom. The van der Waals surface area contributed by atoms with Crippen LogP contribution >= 0.6 is 0 Å². The van der Waals surface area contributed by atoms with Crippen LogP contribution in [0, 0.1) is 0 Å². The second kappa shape index (κ2) is 10.1. The molecule has 1 unspecified atom stereocenters. The molecule has 0 aromatic heterocycles. The van der Waals surface area contributed by atoms with Crippen LogP contribution in [0.1, 0.15) is 43.2 Å². The number of carboxylic acids is 1. The molecule has 7 heteroatoms. The number of carboxylic acid groups (broad SMARTS) is 1. The summed E-state index contributed by atoms with van der Waals surface area (Å²) in [4.78, 5) is 36.3. The molecule has 0 saturated heterocycles. The van der Waals surface area contributed by atoms with Crippen molar-refractivity contribution in [1.29, 1.82) is 0 Å². The number of rotatable bonds is 9. The van der Waals surface area contributed by atoms with Gasteiger partial charge in [0.05, 0.1) is 0 Å². The van der Waals surface area contributed by atoms with Gasteiger partial charge in [0, 0.05) is 25.9 Å². The van der Waals surface area contributed by atoms with E-state index in [9.17, 15) is 14.4 Å². The summed E-state index contributed by atoms with van der Waals surface area (Å²) in [6.07, 6.45) is 0.912. The van der Waals surface area contributed by atoms with Crippen LogP contribution in [0.25, 0.3) is 11.1 Å². The molecule has 2 aromatic carbocycles. The van der Waals surface area contributed by atoms with Crippen molar-refractivity contribution in [2.24, 2.45) is 0 Å². The maximum atomic E-state index is 12.1.